The lowest BCUT2D eigenvalue weighted by atomic mass is 10.0. The van der Waals surface area contributed by atoms with Crippen LogP contribution in [0, 0.1) is 6.92 Å². The van der Waals surface area contributed by atoms with Gasteiger partial charge in [0.15, 0.2) is 0 Å². The number of aromatic nitrogens is 1. The Kier molecular flexibility index (Phi) is 8.92. The lowest BCUT2D eigenvalue weighted by Crippen LogP contribution is -2.54. The van der Waals surface area contributed by atoms with E-state index in [0.717, 1.165) is 54.0 Å². The minimum absolute atomic E-state index is 0.0161. The van der Waals surface area contributed by atoms with Crippen molar-refractivity contribution >= 4 is 23.4 Å². The number of aryl methyl sites for hydroxylation is 1. The van der Waals surface area contributed by atoms with Crippen molar-refractivity contribution in [1.82, 2.24) is 19.7 Å². The molecule has 2 aliphatic rings. The molecule has 0 N–H and O–H groups in total. The Morgan fingerprint density at radius 1 is 0.681 bits per heavy atom. The molecule has 238 valence electrons. The fourth-order valence-corrected chi connectivity index (χ4v) is 6.82. The SMILES string of the molecule is Cc1oc(-c2ccc(Cl)cc2)cc1C(=O)N1CCC(N2CCN(C(=O)c3cc(-c4ccccc4)nc(-c4ccccc4)c3)CC2)CC1. The third kappa shape index (κ3) is 6.73. The maximum Gasteiger partial charge on any atom is 0.257 e. The predicted molar refractivity (Wildman–Crippen MR) is 185 cm³/mol. The number of furan rings is 1. The van der Waals surface area contributed by atoms with Gasteiger partial charge in [-0.1, -0.05) is 72.3 Å². The van der Waals surface area contributed by atoms with E-state index in [-0.39, 0.29) is 11.8 Å². The number of amides is 2. The van der Waals surface area contributed by atoms with Gasteiger partial charge in [-0.2, -0.15) is 0 Å². The van der Waals surface area contributed by atoms with E-state index in [4.69, 9.17) is 21.0 Å². The molecule has 0 aliphatic carbocycles. The molecule has 2 aromatic heterocycles. The number of nitrogens with zero attached hydrogens (tertiary/aromatic N) is 4. The van der Waals surface area contributed by atoms with Crippen molar-refractivity contribution in [2.75, 3.05) is 39.3 Å². The number of rotatable bonds is 6. The van der Waals surface area contributed by atoms with Crippen molar-refractivity contribution < 1.29 is 14.0 Å². The molecule has 7 rings (SSSR count). The molecule has 2 saturated heterocycles. The number of carbonyl (C=O) groups excluding carboxylic acids is 2. The molecular weight excluding hydrogens is 608 g/mol. The maximum absolute atomic E-state index is 13.9. The third-order valence-corrected chi connectivity index (χ3v) is 9.61. The van der Waals surface area contributed by atoms with Gasteiger partial charge in [-0.05, 0) is 62.2 Å². The van der Waals surface area contributed by atoms with Gasteiger partial charge in [0, 0.05) is 72.6 Å². The summed E-state index contributed by atoms with van der Waals surface area (Å²) in [4.78, 5) is 38.6. The summed E-state index contributed by atoms with van der Waals surface area (Å²) in [7, 11) is 0. The van der Waals surface area contributed by atoms with Crippen LogP contribution >= 0.6 is 11.6 Å². The molecule has 0 unspecified atom stereocenters. The normalized spacial score (nSPS) is 16.0. The first-order valence-corrected chi connectivity index (χ1v) is 16.6. The zero-order valence-corrected chi connectivity index (χ0v) is 27.2. The van der Waals surface area contributed by atoms with E-state index in [1.807, 2.05) is 120 Å². The Morgan fingerprint density at radius 3 is 1.81 bits per heavy atom. The van der Waals surface area contributed by atoms with E-state index < -0.39 is 0 Å². The van der Waals surface area contributed by atoms with E-state index in [0.29, 0.717) is 59.9 Å². The summed E-state index contributed by atoms with van der Waals surface area (Å²) >= 11 is 6.04. The van der Waals surface area contributed by atoms with Gasteiger partial charge in [0.2, 0.25) is 0 Å². The zero-order chi connectivity index (χ0) is 32.3. The number of likely N-dealkylation sites (tertiary alicyclic amines) is 1. The van der Waals surface area contributed by atoms with Crippen molar-refractivity contribution in [1.29, 1.82) is 0 Å². The number of halogens is 1. The third-order valence-electron chi connectivity index (χ3n) is 9.36. The second-order valence-corrected chi connectivity index (χ2v) is 12.7. The van der Waals surface area contributed by atoms with Crippen molar-refractivity contribution in [3.63, 3.8) is 0 Å². The number of hydrogen-bond donors (Lipinski definition) is 0. The Bertz CT molecular complexity index is 1800. The van der Waals surface area contributed by atoms with E-state index in [1.54, 1.807) is 0 Å². The van der Waals surface area contributed by atoms with Crippen LogP contribution in [-0.2, 0) is 0 Å². The zero-order valence-electron chi connectivity index (χ0n) is 26.4. The summed E-state index contributed by atoms with van der Waals surface area (Å²) in [5, 5.41) is 0.660. The van der Waals surface area contributed by atoms with Gasteiger partial charge >= 0.3 is 0 Å². The van der Waals surface area contributed by atoms with Crippen LogP contribution in [0.3, 0.4) is 0 Å². The first kappa shape index (κ1) is 30.9. The summed E-state index contributed by atoms with van der Waals surface area (Å²) in [5.41, 5.74) is 5.72. The molecule has 2 aliphatic heterocycles. The van der Waals surface area contributed by atoms with Gasteiger partial charge in [-0.3, -0.25) is 14.5 Å². The molecule has 0 saturated carbocycles. The standard InChI is InChI=1S/C39H37ClN4O3/c1-27-34(26-37(47-27)30-12-14-32(40)15-13-30)39(46)43-18-16-33(17-19-43)42-20-22-44(23-21-42)38(45)31-24-35(28-8-4-2-5-9-28)41-36(25-31)29-10-6-3-7-11-29/h2-15,24-26,33H,16-23H2,1H3. The summed E-state index contributed by atoms with van der Waals surface area (Å²) in [6.45, 7) is 6.22. The average Bonchev–Trinajstić information content (AvgIpc) is 3.53. The van der Waals surface area contributed by atoms with Gasteiger partial charge < -0.3 is 14.2 Å². The van der Waals surface area contributed by atoms with Crippen molar-refractivity contribution in [3.05, 3.63) is 125 Å². The Morgan fingerprint density at radius 2 is 1.23 bits per heavy atom. The first-order valence-electron chi connectivity index (χ1n) is 16.2. The average molecular weight is 645 g/mol. The molecule has 4 heterocycles. The highest BCUT2D eigenvalue weighted by molar-refractivity contribution is 6.30. The van der Waals surface area contributed by atoms with Gasteiger partial charge in [0.05, 0.1) is 17.0 Å². The van der Waals surface area contributed by atoms with E-state index in [9.17, 15) is 9.59 Å². The predicted octanol–water partition coefficient (Wildman–Crippen LogP) is 7.70. The second kappa shape index (κ2) is 13.6. The quantitative estimate of drug-likeness (QED) is 0.189. The summed E-state index contributed by atoms with van der Waals surface area (Å²) in [6.07, 6.45) is 1.82. The lowest BCUT2D eigenvalue weighted by Gasteiger charge is -2.42. The van der Waals surface area contributed by atoms with Crippen LogP contribution in [0.25, 0.3) is 33.8 Å². The smallest absolute Gasteiger partial charge is 0.257 e. The fourth-order valence-electron chi connectivity index (χ4n) is 6.70. The molecule has 0 atom stereocenters. The van der Waals surface area contributed by atoms with Gasteiger partial charge in [0.25, 0.3) is 11.8 Å². The van der Waals surface area contributed by atoms with E-state index >= 15 is 0 Å². The molecule has 7 nitrogen and oxygen atoms in total. The van der Waals surface area contributed by atoms with Crippen LogP contribution in [0.5, 0.6) is 0 Å². The molecular formula is C39H37ClN4O3. The van der Waals surface area contributed by atoms with Crippen LogP contribution < -0.4 is 0 Å². The van der Waals surface area contributed by atoms with Gasteiger partial charge in [-0.25, -0.2) is 4.98 Å². The summed E-state index contributed by atoms with van der Waals surface area (Å²) in [5.74, 6) is 1.35. The lowest BCUT2D eigenvalue weighted by molar-refractivity contribution is 0.0411. The Labute approximate surface area is 280 Å². The van der Waals surface area contributed by atoms with Crippen LogP contribution in [0.4, 0.5) is 0 Å². The fraction of sp³-hybridized carbons (Fsp3) is 0.256. The minimum atomic E-state index is 0.0161. The second-order valence-electron chi connectivity index (χ2n) is 12.3. The Hall–Kier alpha value is -4.72. The van der Waals surface area contributed by atoms with Crippen LogP contribution in [-0.4, -0.2) is 76.8 Å². The van der Waals surface area contributed by atoms with Crippen LogP contribution in [0.1, 0.15) is 39.3 Å². The van der Waals surface area contributed by atoms with Crippen molar-refractivity contribution in [2.45, 2.75) is 25.8 Å². The molecule has 5 aromatic rings. The van der Waals surface area contributed by atoms with Crippen LogP contribution in [0.15, 0.2) is 108 Å². The maximum atomic E-state index is 13.9. The highest BCUT2D eigenvalue weighted by atomic mass is 35.5. The first-order chi connectivity index (χ1) is 22.9. The monoisotopic (exact) mass is 644 g/mol. The summed E-state index contributed by atoms with van der Waals surface area (Å²) < 4.78 is 5.95. The minimum Gasteiger partial charge on any atom is -0.461 e. The number of pyridine rings is 1. The molecule has 0 radical (unpaired) electrons. The molecule has 47 heavy (non-hydrogen) atoms. The number of carbonyl (C=O) groups is 2. The van der Waals surface area contributed by atoms with Gasteiger partial charge in [0.1, 0.15) is 11.5 Å². The number of hydrogen-bond acceptors (Lipinski definition) is 5. The number of piperidine rings is 1. The largest absolute Gasteiger partial charge is 0.461 e. The molecule has 2 amide bonds. The van der Waals surface area contributed by atoms with E-state index in [2.05, 4.69) is 4.90 Å². The van der Waals surface area contributed by atoms with Crippen molar-refractivity contribution in [2.24, 2.45) is 0 Å². The molecule has 8 heteroatoms. The molecule has 3 aromatic carbocycles. The number of benzene rings is 3. The molecule has 0 bridgehead atoms. The highest BCUT2D eigenvalue weighted by Crippen LogP contribution is 2.30. The van der Waals surface area contributed by atoms with Crippen LogP contribution in [0.2, 0.25) is 5.02 Å². The molecule has 0 spiro atoms. The topological polar surface area (TPSA) is 69.9 Å². The number of piperazine rings is 1. The van der Waals surface area contributed by atoms with Gasteiger partial charge in [-0.15, -0.1) is 0 Å². The van der Waals surface area contributed by atoms with E-state index in [1.165, 1.54) is 0 Å². The summed E-state index contributed by atoms with van der Waals surface area (Å²) in [6, 6.07) is 33.5. The Balaban J connectivity index is 0.974. The molecule has 2 fully saturated rings. The highest BCUT2D eigenvalue weighted by Gasteiger charge is 2.32. The van der Waals surface area contributed by atoms with Crippen molar-refractivity contribution in [3.8, 4) is 33.8 Å².